The third-order valence-corrected chi connectivity index (χ3v) is 4.80. The van der Waals surface area contributed by atoms with Gasteiger partial charge in [0, 0.05) is 32.1 Å². The van der Waals surface area contributed by atoms with Gasteiger partial charge < -0.3 is 10.2 Å². The highest BCUT2D eigenvalue weighted by Gasteiger charge is 2.22. The first-order chi connectivity index (χ1) is 11.6. The van der Waals surface area contributed by atoms with Crippen molar-refractivity contribution in [3.8, 4) is 0 Å². The van der Waals surface area contributed by atoms with Crippen LogP contribution in [0.15, 0.2) is 10.9 Å². The van der Waals surface area contributed by atoms with Gasteiger partial charge in [0.15, 0.2) is 0 Å². The number of hydrogen-bond acceptors (Lipinski definition) is 4. The van der Waals surface area contributed by atoms with Crippen molar-refractivity contribution in [1.82, 2.24) is 20.0 Å². The molecule has 0 spiro atoms. The van der Waals surface area contributed by atoms with Crippen molar-refractivity contribution in [2.24, 2.45) is 0 Å². The van der Waals surface area contributed by atoms with E-state index in [-0.39, 0.29) is 17.4 Å². The summed E-state index contributed by atoms with van der Waals surface area (Å²) in [5.74, 6) is -0.0149. The average Bonchev–Trinajstić information content (AvgIpc) is 3.18. The number of likely N-dealkylation sites (tertiary alicyclic amines) is 1. The Morgan fingerprint density at radius 1 is 1.29 bits per heavy atom. The summed E-state index contributed by atoms with van der Waals surface area (Å²) >= 11 is 0. The van der Waals surface area contributed by atoms with Crippen molar-refractivity contribution in [2.45, 2.75) is 51.5 Å². The number of nitrogens with one attached hydrogen (secondary N) is 1. The molecule has 0 saturated carbocycles. The van der Waals surface area contributed by atoms with Crippen LogP contribution in [0, 0.1) is 0 Å². The largest absolute Gasteiger partial charge is 0.354 e. The first kappa shape index (κ1) is 16.7. The number of rotatable bonds is 6. The molecule has 7 heteroatoms. The van der Waals surface area contributed by atoms with Gasteiger partial charge in [-0.1, -0.05) is 0 Å². The quantitative estimate of drug-likeness (QED) is 0.765. The second kappa shape index (κ2) is 7.15. The van der Waals surface area contributed by atoms with Gasteiger partial charge >= 0.3 is 0 Å². The Morgan fingerprint density at radius 3 is 2.88 bits per heavy atom. The second-order valence-electron chi connectivity index (χ2n) is 6.56. The molecule has 130 valence electrons. The van der Waals surface area contributed by atoms with Crippen molar-refractivity contribution < 1.29 is 9.59 Å². The zero-order valence-corrected chi connectivity index (χ0v) is 14.1. The van der Waals surface area contributed by atoms with E-state index >= 15 is 0 Å². The van der Waals surface area contributed by atoms with Crippen LogP contribution in [0.25, 0.3) is 0 Å². The van der Waals surface area contributed by atoms with Gasteiger partial charge in [-0.15, -0.1) is 0 Å². The minimum absolute atomic E-state index is 0.198. The van der Waals surface area contributed by atoms with E-state index in [1.807, 2.05) is 4.90 Å². The Hall–Kier alpha value is -2.18. The fraction of sp³-hybridized carbons (Fsp3) is 0.647. The maximum atomic E-state index is 12.3. The number of fused-ring (bicyclic) bond motifs is 1. The predicted molar refractivity (Wildman–Crippen MR) is 88.7 cm³/mol. The van der Waals surface area contributed by atoms with Crippen LogP contribution < -0.4 is 10.9 Å². The Kier molecular flexibility index (Phi) is 4.97. The Labute approximate surface area is 141 Å². The molecule has 0 unspecified atom stereocenters. The van der Waals surface area contributed by atoms with Crippen LogP contribution in [0.3, 0.4) is 0 Å². The van der Waals surface area contributed by atoms with Crippen LogP contribution in [0.5, 0.6) is 0 Å². The van der Waals surface area contributed by atoms with Gasteiger partial charge in [-0.25, -0.2) is 4.68 Å². The monoisotopic (exact) mass is 332 g/mol. The molecule has 2 aliphatic rings. The SMILES string of the molecule is C[C@@H](C(=O)NCCCN1CCCC1=O)n1nc2c(cc1=O)CCC2. The van der Waals surface area contributed by atoms with Gasteiger partial charge in [-0.05, 0) is 44.6 Å². The zero-order valence-electron chi connectivity index (χ0n) is 14.1. The van der Waals surface area contributed by atoms with Crippen LogP contribution >= 0.6 is 0 Å². The number of aromatic nitrogens is 2. The van der Waals surface area contributed by atoms with Crippen LogP contribution in [-0.2, 0) is 22.4 Å². The van der Waals surface area contributed by atoms with E-state index in [4.69, 9.17) is 0 Å². The van der Waals surface area contributed by atoms with Crippen molar-refractivity contribution in [3.05, 3.63) is 27.7 Å². The highest BCUT2D eigenvalue weighted by molar-refractivity contribution is 5.79. The predicted octanol–water partition coefficient (Wildman–Crippen LogP) is 0.422. The van der Waals surface area contributed by atoms with E-state index in [2.05, 4.69) is 10.4 Å². The van der Waals surface area contributed by atoms with E-state index < -0.39 is 6.04 Å². The molecule has 1 aliphatic carbocycles. The molecule has 2 amide bonds. The number of nitrogens with zero attached hydrogens (tertiary/aromatic N) is 3. The lowest BCUT2D eigenvalue weighted by molar-refractivity contribution is -0.127. The first-order valence-electron chi connectivity index (χ1n) is 8.73. The molecular formula is C17H24N4O3. The van der Waals surface area contributed by atoms with Gasteiger partial charge in [0.1, 0.15) is 6.04 Å². The lowest BCUT2D eigenvalue weighted by atomic mass is 10.2. The van der Waals surface area contributed by atoms with E-state index in [0.29, 0.717) is 19.5 Å². The van der Waals surface area contributed by atoms with E-state index in [0.717, 1.165) is 49.9 Å². The molecule has 1 aromatic rings. The topological polar surface area (TPSA) is 84.3 Å². The fourth-order valence-electron chi connectivity index (χ4n) is 3.37. The zero-order chi connectivity index (χ0) is 17.1. The van der Waals surface area contributed by atoms with Crippen molar-refractivity contribution in [1.29, 1.82) is 0 Å². The first-order valence-corrected chi connectivity index (χ1v) is 8.73. The third-order valence-electron chi connectivity index (χ3n) is 4.80. The highest BCUT2D eigenvalue weighted by Crippen LogP contribution is 2.18. The molecule has 1 aliphatic heterocycles. The number of amides is 2. The lowest BCUT2D eigenvalue weighted by Crippen LogP contribution is -2.38. The van der Waals surface area contributed by atoms with Crippen LogP contribution in [0.4, 0.5) is 0 Å². The molecule has 0 radical (unpaired) electrons. The molecule has 1 fully saturated rings. The lowest BCUT2D eigenvalue weighted by Gasteiger charge is -2.17. The minimum Gasteiger partial charge on any atom is -0.354 e. The summed E-state index contributed by atoms with van der Waals surface area (Å²) < 4.78 is 1.28. The molecule has 0 bridgehead atoms. The summed E-state index contributed by atoms with van der Waals surface area (Å²) in [5, 5.41) is 7.20. The molecule has 24 heavy (non-hydrogen) atoms. The molecule has 3 rings (SSSR count). The summed E-state index contributed by atoms with van der Waals surface area (Å²) in [4.78, 5) is 37.8. The summed E-state index contributed by atoms with van der Waals surface area (Å²) in [6.45, 7) is 3.67. The van der Waals surface area contributed by atoms with Crippen molar-refractivity contribution >= 4 is 11.8 Å². The van der Waals surface area contributed by atoms with Gasteiger partial charge in [-0.3, -0.25) is 14.4 Å². The minimum atomic E-state index is -0.628. The number of hydrogen-bond donors (Lipinski definition) is 1. The molecule has 1 atom stereocenters. The van der Waals surface area contributed by atoms with E-state index in [9.17, 15) is 14.4 Å². The molecular weight excluding hydrogens is 308 g/mol. The normalized spacial score (nSPS) is 17.9. The molecule has 2 heterocycles. The summed E-state index contributed by atoms with van der Waals surface area (Å²) in [7, 11) is 0. The third kappa shape index (κ3) is 3.49. The molecule has 1 aromatic heterocycles. The van der Waals surface area contributed by atoms with Crippen LogP contribution in [-0.4, -0.2) is 46.1 Å². The maximum absolute atomic E-state index is 12.3. The number of carbonyl (C=O) groups is 2. The van der Waals surface area contributed by atoms with E-state index in [1.54, 1.807) is 13.0 Å². The van der Waals surface area contributed by atoms with Crippen LogP contribution in [0.2, 0.25) is 0 Å². The Balaban J connectivity index is 1.51. The fourth-order valence-corrected chi connectivity index (χ4v) is 3.37. The summed E-state index contributed by atoms with van der Waals surface area (Å²) in [5.41, 5.74) is 1.72. The van der Waals surface area contributed by atoms with Gasteiger partial charge in [0.25, 0.3) is 5.56 Å². The molecule has 7 nitrogen and oxygen atoms in total. The van der Waals surface area contributed by atoms with Gasteiger partial charge in [0.2, 0.25) is 11.8 Å². The Bertz CT molecular complexity index is 698. The standard InChI is InChI=1S/C17H24N4O3/c1-12(21-16(23)11-13-5-2-6-14(13)19-21)17(24)18-8-4-10-20-9-3-7-15(20)22/h11-12H,2-10H2,1H3,(H,18,24)/t12-/m0/s1. The Morgan fingerprint density at radius 2 is 2.12 bits per heavy atom. The maximum Gasteiger partial charge on any atom is 0.267 e. The molecule has 1 N–H and O–H groups in total. The van der Waals surface area contributed by atoms with E-state index in [1.165, 1.54) is 4.68 Å². The molecule has 0 aromatic carbocycles. The average molecular weight is 332 g/mol. The molecule has 1 saturated heterocycles. The summed E-state index contributed by atoms with van der Waals surface area (Å²) in [6, 6.07) is 0.981. The smallest absolute Gasteiger partial charge is 0.267 e. The van der Waals surface area contributed by atoms with Crippen LogP contribution in [0.1, 0.15) is 49.9 Å². The van der Waals surface area contributed by atoms with Crippen molar-refractivity contribution in [2.75, 3.05) is 19.6 Å². The van der Waals surface area contributed by atoms with Gasteiger partial charge in [-0.2, -0.15) is 5.10 Å². The van der Waals surface area contributed by atoms with Gasteiger partial charge in [0.05, 0.1) is 5.69 Å². The second-order valence-corrected chi connectivity index (χ2v) is 6.56. The number of carbonyl (C=O) groups excluding carboxylic acids is 2. The number of aryl methyl sites for hydroxylation is 2. The van der Waals surface area contributed by atoms with Crippen molar-refractivity contribution in [3.63, 3.8) is 0 Å². The summed E-state index contributed by atoms with van der Waals surface area (Å²) in [6.07, 6.45) is 5.06. The highest BCUT2D eigenvalue weighted by atomic mass is 16.2.